The maximum Gasteiger partial charge on any atom is 0.167 e. The van der Waals surface area contributed by atoms with E-state index in [1.165, 1.54) is 5.39 Å². The van der Waals surface area contributed by atoms with Crippen LogP contribution in [-0.2, 0) is 0 Å². The van der Waals surface area contributed by atoms with Gasteiger partial charge in [0.15, 0.2) is 17.5 Å². The lowest BCUT2D eigenvalue weighted by Gasteiger charge is -2.14. The zero-order valence-electron chi connectivity index (χ0n) is 31.1. The number of benzene rings is 9. The number of para-hydroxylation sites is 3. The van der Waals surface area contributed by atoms with Gasteiger partial charge in [-0.05, 0) is 62.5 Å². The molecule has 0 fully saturated rings. The number of hydrogen-bond donors (Lipinski definition) is 0. The van der Waals surface area contributed by atoms with Crippen LogP contribution in [0.1, 0.15) is 0 Å². The SMILES string of the molecule is c1ccc(-c2cccc3c2oc2cccc(-c4ccccc4-c4nc(-c5cc6ccccc6c6ccccc56)nc(-c5cccc6c5oc5ccccc56)n4)c23)cc1. The average Bonchev–Trinajstić information content (AvgIpc) is 3.88. The Labute approximate surface area is 332 Å². The van der Waals surface area contributed by atoms with Crippen molar-refractivity contribution in [3.8, 4) is 56.4 Å². The summed E-state index contributed by atoms with van der Waals surface area (Å²) in [5, 5.41) is 8.69. The molecule has 0 aliphatic rings. The summed E-state index contributed by atoms with van der Waals surface area (Å²) in [6.45, 7) is 0. The number of nitrogens with zero attached hydrogens (tertiary/aromatic N) is 3. The van der Waals surface area contributed by atoms with Crippen molar-refractivity contribution in [2.75, 3.05) is 0 Å². The second-order valence-corrected chi connectivity index (χ2v) is 14.7. The molecule has 0 saturated heterocycles. The van der Waals surface area contributed by atoms with Gasteiger partial charge >= 0.3 is 0 Å². The van der Waals surface area contributed by atoms with Gasteiger partial charge in [-0.25, -0.2) is 15.0 Å². The van der Waals surface area contributed by atoms with Gasteiger partial charge in [0, 0.05) is 38.2 Å². The summed E-state index contributed by atoms with van der Waals surface area (Å²) < 4.78 is 13.3. The topological polar surface area (TPSA) is 65.0 Å². The van der Waals surface area contributed by atoms with Crippen LogP contribution in [0.3, 0.4) is 0 Å². The monoisotopic (exact) mass is 741 g/mol. The van der Waals surface area contributed by atoms with E-state index in [0.717, 1.165) is 99.0 Å². The maximum absolute atomic E-state index is 6.69. The third-order valence-corrected chi connectivity index (χ3v) is 11.4. The molecular formula is C53H31N3O2. The molecule has 3 heterocycles. The van der Waals surface area contributed by atoms with Crippen LogP contribution in [0.25, 0.3) is 122 Å². The molecule has 0 saturated carbocycles. The minimum Gasteiger partial charge on any atom is -0.455 e. The van der Waals surface area contributed by atoms with Crippen molar-refractivity contribution in [3.63, 3.8) is 0 Å². The van der Waals surface area contributed by atoms with Crippen molar-refractivity contribution in [1.29, 1.82) is 0 Å². The van der Waals surface area contributed by atoms with Crippen LogP contribution in [-0.4, -0.2) is 15.0 Å². The fourth-order valence-electron chi connectivity index (χ4n) is 8.73. The first kappa shape index (κ1) is 32.4. The predicted octanol–water partition coefficient (Wildman–Crippen LogP) is 14.3. The average molecular weight is 742 g/mol. The van der Waals surface area contributed by atoms with E-state index in [9.17, 15) is 0 Å². The lowest BCUT2D eigenvalue weighted by atomic mass is 9.94. The largest absolute Gasteiger partial charge is 0.455 e. The minimum absolute atomic E-state index is 0.538. The van der Waals surface area contributed by atoms with Crippen LogP contribution in [0.2, 0.25) is 0 Å². The number of aromatic nitrogens is 3. The lowest BCUT2D eigenvalue weighted by molar-refractivity contribution is 0.669. The molecule has 0 N–H and O–H groups in total. The smallest absolute Gasteiger partial charge is 0.167 e. The van der Waals surface area contributed by atoms with Gasteiger partial charge in [-0.1, -0.05) is 164 Å². The normalized spacial score (nSPS) is 11.8. The van der Waals surface area contributed by atoms with Crippen LogP contribution in [0, 0.1) is 0 Å². The zero-order chi connectivity index (χ0) is 38.2. The second-order valence-electron chi connectivity index (χ2n) is 14.7. The van der Waals surface area contributed by atoms with Crippen LogP contribution < -0.4 is 0 Å². The van der Waals surface area contributed by atoms with Crippen molar-refractivity contribution in [2.24, 2.45) is 0 Å². The summed E-state index contributed by atoms with van der Waals surface area (Å²) in [6.07, 6.45) is 0. The summed E-state index contributed by atoms with van der Waals surface area (Å²) in [5.74, 6) is 1.69. The van der Waals surface area contributed by atoms with Crippen LogP contribution >= 0.6 is 0 Å². The van der Waals surface area contributed by atoms with E-state index in [2.05, 4.69) is 152 Å². The van der Waals surface area contributed by atoms with Crippen LogP contribution in [0.15, 0.2) is 197 Å². The van der Waals surface area contributed by atoms with E-state index >= 15 is 0 Å². The molecule has 0 aliphatic carbocycles. The lowest BCUT2D eigenvalue weighted by Crippen LogP contribution is -2.02. The van der Waals surface area contributed by atoms with Gasteiger partial charge in [0.25, 0.3) is 0 Å². The first-order chi connectivity index (χ1) is 28.8. The molecule has 0 bridgehead atoms. The molecule has 12 aromatic rings. The van der Waals surface area contributed by atoms with Gasteiger partial charge in [0.2, 0.25) is 0 Å². The molecule has 9 aromatic carbocycles. The molecule has 58 heavy (non-hydrogen) atoms. The van der Waals surface area contributed by atoms with E-state index < -0.39 is 0 Å². The Morgan fingerprint density at radius 3 is 1.66 bits per heavy atom. The van der Waals surface area contributed by atoms with Crippen molar-refractivity contribution in [3.05, 3.63) is 188 Å². The van der Waals surface area contributed by atoms with Crippen molar-refractivity contribution < 1.29 is 8.83 Å². The fraction of sp³-hybridized carbons (Fsp3) is 0. The quantitative estimate of drug-likeness (QED) is 0.164. The van der Waals surface area contributed by atoms with Crippen molar-refractivity contribution in [1.82, 2.24) is 15.0 Å². The first-order valence-electron chi connectivity index (χ1n) is 19.4. The Morgan fingerprint density at radius 2 is 0.810 bits per heavy atom. The highest BCUT2D eigenvalue weighted by molar-refractivity contribution is 6.17. The number of furan rings is 2. The first-order valence-corrected chi connectivity index (χ1v) is 19.4. The molecule has 0 amide bonds. The molecule has 12 rings (SSSR count). The standard InChI is InChI=1S/C53H31N3O2/c1-2-15-32(16-3-1)35-24-12-27-43-48-40(25-14-30-47(48)58-49(35)43)38-21-8-9-23-42(38)51-54-52(44-28-13-26-41-39-22-10-11-29-46(39)57-50(41)44)56-53(55-51)45-31-33-17-4-5-18-34(33)36-19-6-7-20-37(36)45/h1-31H. The zero-order valence-corrected chi connectivity index (χ0v) is 31.1. The molecular weight excluding hydrogens is 711 g/mol. The predicted molar refractivity (Wildman–Crippen MR) is 237 cm³/mol. The summed E-state index contributed by atoms with van der Waals surface area (Å²) in [5.41, 5.74) is 10.1. The molecule has 3 aromatic heterocycles. The van der Waals surface area contributed by atoms with Crippen LogP contribution in [0.4, 0.5) is 0 Å². The Hall–Kier alpha value is -7.89. The minimum atomic E-state index is 0.538. The highest BCUT2D eigenvalue weighted by Gasteiger charge is 2.22. The van der Waals surface area contributed by atoms with E-state index in [4.69, 9.17) is 23.8 Å². The molecule has 0 aliphatic heterocycles. The summed E-state index contributed by atoms with van der Waals surface area (Å²) >= 11 is 0. The number of hydrogen-bond acceptors (Lipinski definition) is 5. The number of rotatable bonds is 5. The van der Waals surface area contributed by atoms with E-state index in [-0.39, 0.29) is 0 Å². The third-order valence-electron chi connectivity index (χ3n) is 11.4. The van der Waals surface area contributed by atoms with Crippen molar-refractivity contribution in [2.45, 2.75) is 0 Å². The molecule has 0 unspecified atom stereocenters. The molecule has 5 heteroatoms. The van der Waals surface area contributed by atoms with Gasteiger partial charge < -0.3 is 8.83 Å². The Bertz CT molecular complexity index is 3580. The Balaban J connectivity index is 1.13. The van der Waals surface area contributed by atoms with E-state index in [0.29, 0.717) is 17.5 Å². The van der Waals surface area contributed by atoms with Crippen molar-refractivity contribution >= 4 is 65.4 Å². The Morgan fingerprint density at radius 1 is 0.293 bits per heavy atom. The second kappa shape index (κ2) is 12.8. The van der Waals surface area contributed by atoms with Gasteiger partial charge in [-0.2, -0.15) is 0 Å². The van der Waals surface area contributed by atoms with Gasteiger partial charge in [0.05, 0.1) is 5.56 Å². The summed E-state index contributed by atoms with van der Waals surface area (Å²) in [7, 11) is 0. The van der Waals surface area contributed by atoms with E-state index in [1.54, 1.807) is 0 Å². The van der Waals surface area contributed by atoms with Gasteiger partial charge in [-0.3, -0.25) is 0 Å². The Kier molecular flexibility index (Phi) is 7.16. The molecule has 5 nitrogen and oxygen atoms in total. The maximum atomic E-state index is 6.69. The van der Waals surface area contributed by atoms with Crippen LogP contribution in [0.5, 0.6) is 0 Å². The molecule has 0 atom stereocenters. The summed E-state index contributed by atoms with van der Waals surface area (Å²) in [4.78, 5) is 16.0. The number of fused-ring (bicyclic) bond motifs is 9. The highest BCUT2D eigenvalue weighted by atomic mass is 16.3. The summed E-state index contributed by atoms with van der Waals surface area (Å²) in [6, 6.07) is 65.0. The molecule has 0 radical (unpaired) electrons. The molecule has 0 spiro atoms. The fourth-order valence-corrected chi connectivity index (χ4v) is 8.73. The molecule has 270 valence electrons. The third kappa shape index (κ3) is 5.00. The van der Waals surface area contributed by atoms with E-state index in [1.807, 2.05) is 36.4 Å². The van der Waals surface area contributed by atoms with Gasteiger partial charge in [-0.15, -0.1) is 0 Å². The highest BCUT2D eigenvalue weighted by Crippen LogP contribution is 2.44. The van der Waals surface area contributed by atoms with Gasteiger partial charge in [0.1, 0.15) is 22.3 Å².